The van der Waals surface area contributed by atoms with Crippen LogP contribution in [-0.2, 0) is 23.9 Å². The van der Waals surface area contributed by atoms with Gasteiger partial charge in [-0.05, 0) is 19.8 Å². The maximum absolute atomic E-state index is 11.7. The molecule has 122 valence electrons. The van der Waals surface area contributed by atoms with E-state index in [0.29, 0.717) is 32.3 Å². The van der Waals surface area contributed by atoms with Crippen LogP contribution in [0.25, 0.3) is 0 Å². The molecule has 0 aromatic carbocycles. The first-order chi connectivity index (χ1) is 10.5. The predicted molar refractivity (Wildman–Crippen MR) is 73.3 cm³/mol. The van der Waals surface area contributed by atoms with Gasteiger partial charge in [-0.25, -0.2) is 4.79 Å². The van der Waals surface area contributed by atoms with Crippen LogP contribution in [0.2, 0.25) is 0 Å². The standard InChI is InChI=1S/C13H19N3O6/c1-2-22-8(17)6-4-3-5-7-14-10(18)9-11(19)15-13(21)16-12(9)20/h9H,2-7H2,1H3,(H,14,18)(H2,15,16,19,20,21). The van der Waals surface area contributed by atoms with Gasteiger partial charge < -0.3 is 10.1 Å². The van der Waals surface area contributed by atoms with E-state index in [0.717, 1.165) is 0 Å². The Morgan fingerprint density at radius 3 is 2.32 bits per heavy atom. The number of carbonyl (C=O) groups excluding carboxylic acids is 5. The molecule has 22 heavy (non-hydrogen) atoms. The fraction of sp³-hybridized carbons (Fsp3) is 0.615. The highest BCUT2D eigenvalue weighted by atomic mass is 16.5. The van der Waals surface area contributed by atoms with E-state index in [1.54, 1.807) is 6.92 Å². The lowest BCUT2D eigenvalue weighted by atomic mass is 10.1. The molecule has 0 aliphatic carbocycles. The van der Waals surface area contributed by atoms with Crippen molar-refractivity contribution in [3.8, 4) is 0 Å². The van der Waals surface area contributed by atoms with Gasteiger partial charge in [0, 0.05) is 13.0 Å². The molecule has 0 unspecified atom stereocenters. The molecule has 0 bridgehead atoms. The minimum atomic E-state index is -1.56. The summed E-state index contributed by atoms with van der Waals surface area (Å²) >= 11 is 0. The molecule has 1 fully saturated rings. The van der Waals surface area contributed by atoms with Crippen molar-refractivity contribution in [3.63, 3.8) is 0 Å². The molecule has 1 aliphatic heterocycles. The summed E-state index contributed by atoms with van der Waals surface area (Å²) < 4.78 is 4.77. The summed E-state index contributed by atoms with van der Waals surface area (Å²) in [6.45, 7) is 2.36. The Morgan fingerprint density at radius 2 is 1.73 bits per heavy atom. The van der Waals surface area contributed by atoms with E-state index in [1.807, 2.05) is 10.6 Å². The van der Waals surface area contributed by atoms with Gasteiger partial charge in [0.25, 0.3) is 0 Å². The summed E-state index contributed by atoms with van der Waals surface area (Å²) in [5.74, 6) is -4.45. The normalized spacial score (nSPS) is 15.0. The van der Waals surface area contributed by atoms with Crippen LogP contribution in [0.1, 0.15) is 32.6 Å². The number of ether oxygens (including phenoxy) is 1. The van der Waals surface area contributed by atoms with Crippen LogP contribution < -0.4 is 16.0 Å². The van der Waals surface area contributed by atoms with E-state index < -0.39 is 29.7 Å². The first kappa shape index (κ1) is 17.6. The number of carbonyl (C=O) groups is 5. The van der Waals surface area contributed by atoms with Crippen LogP contribution in [0.5, 0.6) is 0 Å². The Hall–Kier alpha value is -2.45. The quantitative estimate of drug-likeness (QED) is 0.306. The molecule has 0 atom stereocenters. The Morgan fingerprint density at radius 1 is 1.09 bits per heavy atom. The van der Waals surface area contributed by atoms with Gasteiger partial charge in [0.1, 0.15) is 0 Å². The zero-order valence-electron chi connectivity index (χ0n) is 12.3. The number of rotatable bonds is 8. The largest absolute Gasteiger partial charge is 0.466 e. The third-order valence-corrected chi connectivity index (χ3v) is 2.92. The molecule has 1 saturated heterocycles. The second-order valence-electron chi connectivity index (χ2n) is 4.65. The van der Waals surface area contributed by atoms with Crippen molar-refractivity contribution in [1.82, 2.24) is 16.0 Å². The topological polar surface area (TPSA) is 131 Å². The molecule has 3 N–H and O–H groups in total. The highest BCUT2D eigenvalue weighted by Gasteiger charge is 2.39. The van der Waals surface area contributed by atoms with Gasteiger partial charge >= 0.3 is 12.0 Å². The number of amides is 5. The minimum absolute atomic E-state index is 0.258. The highest BCUT2D eigenvalue weighted by molar-refractivity contribution is 6.26. The molecule has 1 rings (SSSR count). The summed E-state index contributed by atoms with van der Waals surface area (Å²) in [6.07, 6.45) is 2.24. The average Bonchev–Trinajstić information content (AvgIpc) is 2.41. The number of hydrogen-bond acceptors (Lipinski definition) is 6. The molecule has 9 heteroatoms. The van der Waals surface area contributed by atoms with E-state index in [-0.39, 0.29) is 12.5 Å². The average molecular weight is 313 g/mol. The monoisotopic (exact) mass is 313 g/mol. The number of nitrogens with one attached hydrogen (secondary N) is 3. The summed E-state index contributed by atoms with van der Waals surface area (Å²) in [5.41, 5.74) is 0. The molecule has 0 aromatic rings. The summed E-state index contributed by atoms with van der Waals surface area (Å²) in [6, 6.07) is -0.932. The highest BCUT2D eigenvalue weighted by Crippen LogP contribution is 2.04. The zero-order valence-corrected chi connectivity index (χ0v) is 12.3. The van der Waals surface area contributed by atoms with E-state index >= 15 is 0 Å². The lowest BCUT2D eigenvalue weighted by Gasteiger charge is -2.19. The summed E-state index contributed by atoms with van der Waals surface area (Å²) in [5, 5.41) is 6.16. The zero-order chi connectivity index (χ0) is 16.5. The summed E-state index contributed by atoms with van der Waals surface area (Å²) in [4.78, 5) is 56.5. The van der Waals surface area contributed by atoms with Crippen molar-refractivity contribution in [2.45, 2.75) is 32.6 Å². The van der Waals surface area contributed by atoms with Crippen LogP contribution in [0.3, 0.4) is 0 Å². The van der Waals surface area contributed by atoms with E-state index in [2.05, 4.69) is 5.32 Å². The first-order valence-electron chi connectivity index (χ1n) is 7.04. The lowest BCUT2D eigenvalue weighted by Crippen LogP contribution is -2.59. The number of hydrogen-bond donors (Lipinski definition) is 3. The van der Waals surface area contributed by atoms with Gasteiger partial charge in [-0.1, -0.05) is 6.42 Å². The molecule has 0 radical (unpaired) electrons. The van der Waals surface area contributed by atoms with Crippen molar-refractivity contribution in [2.24, 2.45) is 5.92 Å². The number of imide groups is 2. The fourth-order valence-corrected chi connectivity index (χ4v) is 1.87. The van der Waals surface area contributed by atoms with Crippen LogP contribution in [0, 0.1) is 5.92 Å². The van der Waals surface area contributed by atoms with Crippen LogP contribution in [-0.4, -0.2) is 42.9 Å². The Balaban J connectivity index is 2.21. The van der Waals surface area contributed by atoms with Crippen LogP contribution in [0.4, 0.5) is 4.79 Å². The molecule has 1 aliphatic rings. The Bertz CT molecular complexity index is 456. The van der Waals surface area contributed by atoms with E-state index in [1.165, 1.54) is 0 Å². The van der Waals surface area contributed by atoms with Crippen molar-refractivity contribution in [2.75, 3.05) is 13.2 Å². The maximum Gasteiger partial charge on any atom is 0.328 e. The van der Waals surface area contributed by atoms with Gasteiger partial charge in [0.2, 0.25) is 17.7 Å². The second kappa shape index (κ2) is 8.75. The smallest absolute Gasteiger partial charge is 0.328 e. The predicted octanol–water partition coefficient (Wildman–Crippen LogP) is -0.792. The van der Waals surface area contributed by atoms with Gasteiger partial charge in [0.15, 0.2) is 5.92 Å². The van der Waals surface area contributed by atoms with Gasteiger partial charge in [0.05, 0.1) is 6.61 Å². The fourth-order valence-electron chi connectivity index (χ4n) is 1.87. The van der Waals surface area contributed by atoms with Crippen LogP contribution in [0.15, 0.2) is 0 Å². The number of urea groups is 1. The maximum atomic E-state index is 11.7. The Labute approximate surface area is 127 Å². The number of unbranched alkanes of at least 4 members (excludes halogenated alkanes) is 2. The van der Waals surface area contributed by atoms with Crippen LogP contribution >= 0.6 is 0 Å². The summed E-state index contributed by atoms with van der Waals surface area (Å²) in [7, 11) is 0. The Kier molecular flexibility index (Phi) is 7.00. The second-order valence-corrected chi connectivity index (χ2v) is 4.65. The minimum Gasteiger partial charge on any atom is -0.466 e. The van der Waals surface area contributed by atoms with Gasteiger partial charge in [-0.15, -0.1) is 0 Å². The molecule has 5 amide bonds. The number of esters is 1. The van der Waals surface area contributed by atoms with Crippen molar-refractivity contribution in [1.29, 1.82) is 0 Å². The molecule has 0 aromatic heterocycles. The van der Waals surface area contributed by atoms with Crippen molar-refractivity contribution < 1.29 is 28.7 Å². The SMILES string of the molecule is CCOC(=O)CCCCCNC(=O)C1C(=O)NC(=O)NC1=O. The molecular weight excluding hydrogens is 294 g/mol. The van der Waals surface area contributed by atoms with Gasteiger partial charge in [-0.3, -0.25) is 29.8 Å². The van der Waals surface area contributed by atoms with E-state index in [4.69, 9.17) is 4.74 Å². The molecule has 1 heterocycles. The molecule has 0 spiro atoms. The third-order valence-electron chi connectivity index (χ3n) is 2.92. The van der Waals surface area contributed by atoms with E-state index in [9.17, 15) is 24.0 Å². The van der Waals surface area contributed by atoms with Crippen molar-refractivity contribution in [3.05, 3.63) is 0 Å². The molecular formula is C13H19N3O6. The number of barbiturate groups is 1. The lowest BCUT2D eigenvalue weighted by molar-refractivity contribution is -0.144. The first-order valence-corrected chi connectivity index (χ1v) is 7.04. The molecule has 9 nitrogen and oxygen atoms in total. The molecule has 0 saturated carbocycles. The third kappa shape index (κ3) is 5.51. The van der Waals surface area contributed by atoms with Crippen molar-refractivity contribution >= 4 is 29.7 Å². The van der Waals surface area contributed by atoms with Gasteiger partial charge in [-0.2, -0.15) is 0 Å².